The Morgan fingerprint density at radius 3 is 2.29 bits per heavy atom. The van der Waals surface area contributed by atoms with E-state index in [-0.39, 0.29) is 0 Å². The molecule has 0 bridgehead atoms. The van der Waals surface area contributed by atoms with E-state index in [4.69, 9.17) is 9.47 Å². The Hall–Kier alpha value is -2.94. The second-order valence-electron chi connectivity index (χ2n) is 6.77. The molecule has 3 heteroatoms. The summed E-state index contributed by atoms with van der Waals surface area (Å²) >= 11 is 0. The molecule has 0 saturated heterocycles. The fourth-order valence-electron chi connectivity index (χ4n) is 2.98. The lowest BCUT2D eigenvalue weighted by atomic mass is 10.1. The molecule has 0 fully saturated rings. The minimum Gasteiger partial charge on any atom is -0.494 e. The normalized spacial score (nSPS) is 10.5. The van der Waals surface area contributed by atoms with Crippen molar-refractivity contribution in [3.63, 3.8) is 0 Å². The molecule has 28 heavy (non-hydrogen) atoms. The number of nitrogens with one attached hydrogen (secondary N) is 1. The third kappa shape index (κ3) is 6.34. The average Bonchev–Trinajstić information content (AvgIpc) is 2.76. The maximum Gasteiger partial charge on any atom is 0.124 e. The first-order valence-electron chi connectivity index (χ1n) is 10.1. The molecule has 0 aliphatic heterocycles. The van der Waals surface area contributed by atoms with Crippen LogP contribution in [0.3, 0.4) is 0 Å². The van der Waals surface area contributed by atoms with E-state index < -0.39 is 0 Å². The van der Waals surface area contributed by atoms with Crippen molar-refractivity contribution in [2.75, 3.05) is 18.5 Å². The Bertz CT molecular complexity index is 815. The Morgan fingerprint density at radius 2 is 1.50 bits per heavy atom. The van der Waals surface area contributed by atoms with Crippen LogP contribution in [-0.4, -0.2) is 13.2 Å². The molecule has 3 rings (SSSR count). The summed E-state index contributed by atoms with van der Waals surface area (Å²) < 4.78 is 11.7. The van der Waals surface area contributed by atoms with Crippen molar-refractivity contribution in [3.05, 3.63) is 90.0 Å². The number of hydrogen-bond donors (Lipinski definition) is 1. The van der Waals surface area contributed by atoms with E-state index in [0.29, 0.717) is 0 Å². The second-order valence-corrected chi connectivity index (χ2v) is 6.77. The van der Waals surface area contributed by atoms with Gasteiger partial charge in [0, 0.05) is 17.8 Å². The molecule has 0 saturated carbocycles. The predicted octanol–water partition coefficient (Wildman–Crippen LogP) is 6.10. The zero-order valence-electron chi connectivity index (χ0n) is 16.6. The van der Waals surface area contributed by atoms with E-state index in [2.05, 4.69) is 54.7 Å². The van der Waals surface area contributed by atoms with Gasteiger partial charge in [-0.1, -0.05) is 55.5 Å². The number of aryl methyl sites for hydroxylation is 1. The SMILES string of the molecule is CCCOc1ccccc1CNc1ccc(OCCCc2ccccc2)cc1. The molecule has 0 spiro atoms. The lowest BCUT2D eigenvalue weighted by Crippen LogP contribution is -2.04. The standard InChI is InChI=1S/C25H29NO2/c1-2-18-28-25-13-7-6-12-22(25)20-26-23-14-16-24(17-15-23)27-19-8-11-21-9-4-3-5-10-21/h3-7,9-10,12-17,26H,2,8,11,18-20H2,1H3. The van der Waals surface area contributed by atoms with Gasteiger partial charge in [-0.05, 0) is 55.2 Å². The van der Waals surface area contributed by atoms with Gasteiger partial charge < -0.3 is 14.8 Å². The Labute approximate surface area is 168 Å². The minimum atomic E-state index is 0.726. The van der Waals surface area contributed by atoms with Gasteiger partial charge in [0.15, 0.2) is 0 Å². The second kappa shape index (κ2) is 11.0. The van der Waals surface area contributed by atoms with Crippen molar-refractivity contribution in [1.82, 2.24) is 0 Å². The number of rotatable bonds is 11. The van der Waals surface area contributed by atoms with Crippen molar-refractivity contribution in [2.24, 2.45) is 0 Å². The number of ether oxygens (including phenoxy) is 2. The number of benzene rings is 3. The summed E-state index contributed by atoms with van der Waals surface area (Å²) in [6.07, 6.45) is 3.06. The summed E-state index contributed by atoms with van der Waals surface area (Å²) in [4.78, 5) is 0. The number of hydrogen-bond acceptors (Lipinski definition) is 3. The van der Waals surface area contributed by atoms with Crippen LogP contribution in [0.25, 0.3) is 0 Å². The molecule has 1 N–H and O–H groups in total. The highest BCUT2D eigenvalue weighted by Crippen LogP contribution is 2.21. The maximum atomic E-state index is 5.86. The molecule has 3 nitrogen and oxygen atoms in total. The summed E-state index contributed by atoms with van der Waals surface area (Å²) in [5.41, 5.74) is 3.59. The first-order chi connectivity index (χ1) is 13.8. The highest BCUT2D eigenvalue weighted by atomic mass is 16.5. The number of anilines is 1. The molecular weight excluding hydrogens is 346 g/mol. The zero-order chi connectivity index (χ0) is 19.4. The van der Waals surface area contributed by atoms with Gasteiger partial charge >= 0.3 is 0 Å². The molecule has 3 aromatic carbocycles. The quantitative estimate of drug-likeness (QED) is 0.411. The highest BCUT2D eigenvalue weighted by molar-refractivity contribution is 5.48. The summed E-state index contributed by atoms with van der Waals surface area (Å²) in [5, 5.41) is 3.46. The van der Waals surface area contributed by atoms with Crippen LogP contribution in [0.5, 0.6) is 11.5 Å². The van der Waals surface area contributed by atoms with E-state index in [9.17, 15) is 0 Å². The largest absolute Gasteiger partial charge is 0.494 e. The van der Waals surface area contributed by atoms with Gasteiger partial charge in [-0.3, -0.25) is 0 Å². The van der Waals surface area contributed by atoms with Gasteiger partial charge in [-0.15, -0.1) is 0 Å². The van der Waals surface area contributed by atoms with Crippen LogP contribution in [0.2, 0.25) is 0 Å². The monoisotopic (exact) mass is 375 g/mol. The molecule has 0 amide bonds. The highest BCUT2D eigenvalue weighted by Gasteiger charge is 2.03. The molecule has 0 radical (unpaired) electrons. The summed E-state index contributed by atoms with van der Waals surface area (Å²) in [6.45, 7) is 4.32. The van der Waals surface area contributed by atoms with Gasteiger partial charge in [0.25, 0.3) is 0 Å². The molecule has 0 aliphatic rings. The average molecular weight is 376 g/mol. The Morgan fingerprint density at radius 1 is 0.750 bits per heavy atom. The van der Waals surface area contributed by atoms with Crippen molar-refractivity contribution in [2.45, 2.75) is 32.7 Å². The molecule has 0 aliphatic carbocycles. The van der Waals surface area contributed by atoms with Crippen LogP contribution in [0, 0.1) is 0 Å². The fourth-order valence-corrected chi connectivity index (χ4v) is 2.98. The van der Waals surface area contributed by atoms with Gasteiger partial charge in [0.1, 0.15) is 11.5 Å². The van der Waals surface area contributed by atoms with Crippen LogP contribution < -0.4 is 14.8 Å². The van der Waals surface area contributed by atoms with Crippen LogP contribution >= 0.6 is 0 Å². The lowest BCUT2D eigenvalue weighted by Gasteiger charge is -2.13. The zero-order valence-corrected chi connectivity index (χ0v) is 16.6. The van der Waals surface area contributed by atoms with Crippen molar-refractivity contribution >= 4 is 5.69 Å². The lowest BCUT2D eigenvalue weighted by molar-refractivity contribution is 0.311. The van der Waals surface area contributed by atoms with Crippen molar-refractivity contribution in [1.29, 1.82) is 0 Å². The molecular formula is C25H29NO2. The van der Waals surface area contributed by atoms with Crippen molar-refractivity contribution in [3.8, 4) is 11.5 Å². The Kier molecular flexibility index (Phi) is 7.80. The van der Waals surface area contributed by atoms with Gasteiger partial charge in [-0.2, -0.15) is 0 Å². The summed E-state index contributed by atoms with van der Waals surface area (Å²) in [5.74, 6) is 1.86. The maximum absolute atomic E-state index is 5.86. The predicted molar refractivity (Wildman–Crippen MR) is 116 cm³/mol. The van der Waals surface area contributed by atoms with Crippen LogP contribution in [0.15, 0.2) is 78.9 Å². The third-order valence-corrected chi connectivity index (χ3v) is 4.49. The van der Waals surface area contributed by atoms with E-state index in [0.717, 1.165) is 61.8 Å². The van der Waals surface area contributed by atoms with Gasteiger partial charge in [0.05, 0.1) is 13.2 Å². The Balaban J connectivity index is 1.43. The van der Waals surface area contributed by atoms with E-state index >= 15 is 0 Å². The van der Waals surface area contributed by atoms with E-state index in [1.807, 2.05) is 36.4 Å². The fraction of sp³-hybridized carbons (Fsp3) is 0.280. The first kappa shape index (κ1) is 19.8. The smallest absolute Gasteiger partial charge is 0.124 e. The van der Waals surface area contributed by atoms with Crippen LogP contribution in [-0.2, 0) is 13.0 Å². The molecule has 0 atom stereocenters. The molecule has 146 valence electrons. The molecule has 0 aromatic heterocycles. The summed E-state index contributed by atoms with van der Waals surface area (Å²) in [7, 11) is 0. The number of para-hydroxylation sites is 1. The van der Waals surface area contributed by atoms with Gasteiger partial charge in [-0.25, -0.2) is 0 Å². The van der Waals surface area contributed by atoms with Crippen LogP contribution in [0.4, 0.5) is 5.69 Å². The molecule has 0 unspecified atom stereocenters. The van der Waals surface area contributed by atoms with E-state index in [1.54, 1.807) is 0 Å². The molecule has 0 heterocycles. The van der Waals surface area contributed by atoms with Gasteiger partial charge in [0.2, 0.25) is 0 Å². The van der Waals surface area contributed by atoms with Crippen molar-refractivity contribution < 1.29 is 9.47 Å². The topological polar surface area (TPSA) is 30.5 Å². The summed E-state index contributed by atoms with van der Waals surface area (Å²) in [6, 6.07) is 26.9. The first-order valence-corrected chi connectivity index (χ1v) is 10.1. The van der Waals surface area contributed by atoms with Crippen LogP contribution in [0.1, 0.15) is 30.9 Å². The van der Waals surface area contributed by atoms with E-state index in [1.165, 1.54) is 5.56 Å². The minimum absolute atomic E-state index is 0.726. The third-order valence-electron chi connectivity index (χ3n) is 4.49. The molecule has 3 aromatic rings.